The van der Waals surface area contributed by atoms with E-state index in [1.165, 1.54) is 11.8 Å². The van der Waals surface area contributed by atoms with Crippen molar-refractivity contribution in [2.45, 2.75) is 20.3 Å². The summed E-state index contributed by atoms with van der Waals surface area (Å²) < 4.78 is 0. The van der Waals surface area contributed by atoms with Crippen LogP contribution in [0.15, 0.2) is 60.9 Å². The lowest BCUT2D eigenvalue weighted by molar-refractivity contribution is 0.102. The fourth-order valence-corrected chi connectivity index (χ4v) is 2.81. The summed E-state index contributed by atoms with van der Waals surface area (Å²) >= 11 is 0. The van der Waals surface area contributed by atoms with Gasteiger partial charge in [0.1, 0.15) is 0 Å². The lowest BCUT2D eigenvalue weighted by atomic mass is 10.1. The first kappa shape index (κ1) is 18.2. The van der Waals surface area contributed by atoms with Crippen LogP contribution in [-0.2, 0) is 6.42 Å². The number of para-hydroxylation sites is 1. The van der Waals surface area contributed by atoms with Crippen molar-refractivity contribution in [2.75, 3.05) is 10.6 Å². The summed E-state index contributed by atoms with van der Waals surface area (Å²) in [6, 6.07) is 16.7. The Labute approximate surface area is 158 Å². The molecule has 0 fully saturated rings. The molecule has 0 saturated carbocycles. The number of aryl methyl sites for hydroxylation is 2. The predicted molar refractivity (Wildman–Crippen MR) is 107 cm³/mol. The van der Waals surface area contributed by atoms with Crippen molar-refractivity contribution in [3.05, 3.63) is 83.2 Å². The molecule has 5 heteroatoms. The molecule has 0 aliphatic carbocycles. The van der Waals surface area contributed by atoms with E-state index in [0.717, 1.165) is 23.4 Å². The van der Waals surface area contributed by atoms with Gasteiger partial charge in [0.05, 0.1) is 29.1 Å². The van der Waals surface area contributed by atoms with Gasteiger partial charge in [-0.1, -0.05) is 25.1 Å². The van der Waals surface area contributed by atoms with Gasteiger partial charge in [-0.05, 0) is 54.8 Å². The Hall–Kier alpha value is -3.65. The highest BCUT2D eigenvalue weighted by molar-refractivity contribution is 6.04. The number of hydrogen-bond donors (Lipinski definition) is 2. The van der Waals surface area contributed by atoms with Gasteiger partial charge in [-0.2, -0.15) is 5.26 Å². The van der Waals surface area contributed by atoms with E-state index in [1.807, 2.05) is 6.07 Å². The number of rotatable bonds is 5. The number of amides is 1. The summed E-state index contributed by atoms with van der Waals surface area (Å²) in [6.45, 7) is 4.16. The number of nitriles is 1. The third-order valence-electron chi connectivity index (χ3n) is 4.28. The quantitative estimate of drug-likeness (QED) is 0.687. The van der Waals surface area contributed by atoms with Gasteiger partial charge in [-0.15, -0.1) is 0 Å². The van der Waals surface area contributed by atoms with Crippen molar-refractivity contribution in [3.63, 3.8) is 0 Å². The van der Waals surface area contributed by atoms with Gasteiger partial charge < -0.3 is 10.6 Å². The van der Waals surface area contributed by atoms with E-state index in [9.17, 15) is 4.79 Å². The van der Waals surface area contributed by atoms with Gasteiger partial charge in [0.2, 0.25) is 0 Å². The molecule has 2 aromatic carbocycles. The molecule has 0 bridgehead atoms. The Bertz CT molecular complexity index is 1000. The second kappa shape index (κ2) is 8.15. The summed E-state index contributed by atoms with van der Waals surface area (Å²) in [5.41, 5.74) is 5.79. The highest BCUT2D eigenvalue weighted by atomic mass is 16.1. The molecule has 0 aliphatic heterocycles. The lowest BCUT2D eigenvalue weighted by Crippen LogP contribution is -2.12. The molecule has 27 heavy (non-hydrogen) atoms. The van der Waals surface area contributed by atoms with Gasteiger partial charge in [-0.25, -0.2) is 0 Å². The molecule has 5 nitrogen and oxygen atoms in total. The van der Waals surface area contributed by atoms with E-state index in [0.29, 0.717) is 16.8 Å². The van der Waals surface area contributed by atoms with E-state index in [1.54, 1.807) is 36.5 Å². The van der Waals surface area contributed by atoms with Crippen LogP contribution in [0.4, 0.5) is 17.1 Å². The van der Waals surface area contributed by atoms with Crippen molar-refractivity contribution in [2.24, 2.45) is 0 Å². The zero-order chi connectivity index (χ0) is 19.2. The molecule has 0 atom stereocenters. The predicted octanol–water partition coefficient (Wildman–Crippen LogP) is 4.82. The molecule has 0 spiro atoms. The van der Waals surface area contributed by atoms with Crippen LogP contribution in [0.3, 0.4) is 0 Å². The highest BCUT2D eigenvalue weighted by Gasteiger charge is 2.10. The molecule has 134 valence electrons. The summed E-state index contributed by atoms with van der Waals surface area (Å²) in [5.74, 6) is -0.253. The molecule has 1 amide bonds. The molecule has 1 aromatic heterocycles. The Balaban J connectivity index is 1.79. The molecule has 0 saturated heterocycles. The minimum Gasteiger partial charge on any atom is -0.354 e. The van der Waals surface area contributed by atoms with Crippen LogP contribution in [0.5, 0.6) is 0 Å². The molecule has 1 heterocycles. The molecule has 2 N–H and O–H groups in total. The smallest absolute Gasteiger partial charge is 0.257 e. The minimum atomic E-state index is -0.253. The minimum absolute atomic E-state index is 0.253. The number of aromatic nitrogens is 1. The van der Waals surface area contributed by atoms with Gasteiger partial charge in [0.15, 0.2) is 0 Å². The third kappa shape index (κ3) is 4.31. The van der Waals surface area contributed by atoms with Crippen LogP contribution in [0, 0.1) is 18.3 Å². The van der Waals surface area contributed by atoms with Crippen molar-refractivity contribution in [1.82, 2.24) is 4.98 Å². The summed E-state index contributed by atoms with van der Waals surface area (Å²) in [4.78, 5) is 16.7. The number of anilines is 3. The zero-order valence-electron chi connectivity index (χ0n) is 15.3. The van der Waals surface area contributed by atoms with E-state index in [2.05, 4.69) is 47.7 Å². The maximum atomic E-state index is 12.5. The maximum Gasteiger partial charge on any atom is 0.257 e. The van der Waals surface area contributed by atoms with Crippen molar-refractivity contribution >= 4 is 23.0 Å². The molecular formula is C22H20N4O. The Kier molecular flexibility index (Phi) is 5.48. The van der Waals surface area contributed by atoms with Crippen LogP contribution in [0.25, 0.3) is 0 Å². The Morgan fingerprint density at radius 1 is 1.11 bits per heavy atom. The number of nitrogens with one attached hydrogen (secondary N) is 2. The lowest BCUT2D eigenvalue weighted by Gasteiger charge is -2.14. The van der Waals surface area contributed by atoms with Crippen LogP contribution < -0.4 is 10.6 Å². The molecule has 0 unspecified atom stereocenters. The molecular weight excluding hydrogens is 336 g/mol. The molecule has 3 aromatic rings. The average molecular weight is 356 g/mol. The topological polar surface area (TPSA) is 77.8 Å². The summed E-state index contributed by atoms with van der Waals surface area (Å²) in [5, 5.41) is 15.1. The van der Waals surface area contributed by atoms with E-state index in [4.69, 9.17) is 5.26 Å². The first-order chi connectivity index (χ1) is 13.1. The highest BCUT2D eigenvalue weighted by Crippen LogP contribution is 2.25. The SMILES string of the molecule is CCc1cccc(C)c1Nc1cncc(C(=O)Nc2ccc(C#N)cc2)c1. The molecule has 0 aliphatic rings. The first-order valence-electron chi connectivity index (χ1n) is 8.72. The fourth-order valence-electron chi connectivity index (χ4n) is 2.81. The number of carbonyl (C=O) groups excluding carboxylic acids is 1. The number of hydrogen-bond acceptors (Lipinski definition) is 4. The first-order valence-corrected chi connectivity index (χ1v) is 8.72. The van der Waals surface area contributed by atoms with Gasteiger partial charge in [0, 0.05) is 17.6 Å². The number of nitrogens with zero attached hydrogens (tertiary/aromatic N) is 2. The standard InChI is InChI=1S/C22H20N4O/c1-3-17-6-4-5-15(2)21(17)25-20-11-18(13-24-14-20)22(27)26-19-9-7-16(12-23)8-10-19/h4-11,13-14,25H,3H2,1-2H3,(H,26,27). The second-order valence-electron chi connectivity index (χ2n) is 6.19. The summed E-state index contributed by atoms with van der Waals surface area (Å²) in [6.07, 6.45) is 4.14. The Morgan fingerprint density at radius 2 is 1.89 bits per heavy atom. The largest absolute Gasteiger partial charge is 0.354 e. The average Bonchev–Trinajstić information content (AvgIpc) is 2.70. The van der Waals surface area contributed by atoms with Crippen molar-refractivity contribution in [1.29, 1.82) is 5.26 Å². The van der Waals surface area contributed by atoms with Crippen LogP contribution >= 0.6 is 0 Å². The van der Waals surface area contributed by atoms with Crippen LogP contribution in [0.1, 0.15) is 34.0 Å². The fraction of sp³-hybridized carbons (Fsp3) is 0.136. The van der Waals surface area contributed by atoms with Crippen molar-refractivity contribution < 1.29 is 4.79 Å². The zero-order valence-corrected chi connectivity index (χ0v) is 15.3. The maximum absolute atomic E-state index is 12.5. The molecule has 3 rings (SSSR count). The summed E-state index contributed by atoms with van der Waals surface area (Å²) in [7, 11) is 0. The monoisotopic (exact) mass is 356 g/mol. The van der Waals surface area contributed by atoms with Crippen molar-refractivity contribution in [3.8, 4) is 6.07 Å². The molecule has 0 radical (unpaired) electrons. The number of pyridine rings is 1. The van der Waals surface area contributed by atoms with Crippen LogP contribution in [0.2, 0.25) is 0 Å². The number of carbonyl (C=O) groups is 1. The number of benzene rings is 2. The van der Waals surface area contributed by atoms with Gasteiger partial charge >= 0.3 is 0 Å². The van der Waals surface area contributed by atoms with Gasteiger partial charge in [0.25, 0.3) is 5.91 Å². The second-order valence-corrected chi connectivity index (χ2v) is 6.19. The van der Waals surface area contributed by atoms with E-state index >= 15 is 0 Å². The van der Waals surface area contributed by atoms with E-state index < -0.39 is 0 Å². The van der Waals surface area contributed by atoms with E-state index in [-0.39, 0.29) is 5.91 Å². The third-order valence-corrected chi connectivity index (χ3v) is 4.28. The normalized spacial score (nSPS) is 10.1. The Morgan fingerprint density at radius 3 is 2.59 bits per heavy atom. The van der Waals surface area contributed by atoms with Crippen LogP contribution in [-0.4, -0.2) is 10.9 Å². The van der Waals surface area contributed by atoms with Gasteiger partial charge in [-0.3, -0.25) is 9.78 Å².